The van der Waals surface area contributed by atoms with Crippen molar-refractivity contribution in [3.8, 4) is 0 Å². The Morgan fingerprint density at radius 1 is 1.12 bits per heavy atom. The monoisotopic (exact) mass is 240 g/mol. The maximum absolute atomic E-state index is 3.81. The van der Waals surface area contributed by atoms with E-state index in [2.05, 4.69) is 31.0 Å². The molecule has 0 spiro atoms. The molecule has 0 radical (unpaired) electrons. The lowest BCUT2D eigenvalue weighted by Crippen LogP contribution is -2.45. The Labute approximate surface area is 108 Å². The van der Waals surface area contributed by atoms with Gasteiger partial charge in [0.2, 0.25) is 0 Å². The smallest absolute Gasteiger partial charge is 0.00938 e. The molecular weight excluding hydrogens is 208 g/mol. The maximum Gasteiger partial charge on any atom is 0.00938 e. The molecule has 1 unspecified atom stereocenters. The third-order valence-electron chi connectivity index (χ3n) is 4.05. The van der Waals surface area contributed by atoms with Crippen LogP contribution in [0, 0.1) is 0 Å². The summed E-state index contributed by atoms with van der Waals surface area (Å²) in [5.74, 6) is 0. The second kappa shape index (κ2) is 8.93. The Hall–Kier alpha value is -0.0800. The highest BCUT2D eigenvalue weighted by molar-refractivity contribution is 4.78. The number of likely N-dealkylation sites (tertiary alicyclic amines) is 1. The molecule has 1 aliphatic heterocycles. The molecule has 1 aliphatic rings. The molecule has 1 heterocycles. The van der Waals surface area contributed by atoms with Gasteiger partial charge in [-0.15, -0.1) is 0 Å². The van der Waals surface area contributed by atoms with Gasteiger partial charge in [0.15, 0.2) is 0 Å². The van der Waals surface area contributed by atoms with Gasteiger partial charge in [-0.2, -0.15) is 0 Å². The number of hydrogen-bond donors (Lipinski definition) is 1. The summed E-state index contributed by atoms with van der Waals surface area (Å²) in [4.78, 5) is 2.56. The summed E-state index contributed by atoms with van der Waals surface area (Å²) in [6.07, 6.45) is 9.60. The predicted molar refractivity (Wildman–Crippen MR) is 76.5 cm³/mol. The van der Waals surface area contributed by atoms with Crippen LogP contribution in [-0.2, 0) is 0 Å². The Morgan fingerprint density at radius 2 is 1.82 bits per heavy atom. The zero-order valence-electron chi connectivity index (χ0n) is 12.2. The molecule has 0 bridgehead atoms. The van der Waals surface area contributed by atoms with Crippen LogP contribution < -0.4 is 5.32 Å². The van der Waals surface area contributed by atoms with Gasteiger partial charge in [0.05, 0.1) is 0 Å². The van der Waals surface area contributed by atoms with Crippen LogP contribution in [0.4, 0.5) is 0 Å². The van der Waals surface area contributed by atoms with Crippen molar-refractivity contribution >= 4 is 0 Å². The van der Waals surface area contributed by atoms with E-state index in [0.717, 1.165) is 6.04 Å². The summed E-state index contributed by atoms with van der Waals surface area (Å²) in [6.45, 7) is 10.7. The van der Waals surface area contributed by atoms with E-state index in [-0.39, 0.29) is 0 Å². The molecule has 2 nitrogen and oxygen atoms in total. The summed E-state index contributed by atoms with van der Waals surface area (Å²) < 4.78 is 0. The SMILES string of the molecule is CCCCCCC(C)NC1CCN(CC)CC1. The minimum Gasteiger partial charge on any atom is -0.311 e. The summed E-state index contributed by atoms with van der Waals surface area (Å²) in [5.41, 5.74) is 0. The van der Waals surface area contributed by atoms with Crippen LogP contribution in [0.5, 0.6) is 0 Å². The topological polar surface area (TPSA) is 15.3 Å². The zero-order chi connectivity index (χ0) is 12.5. The first kappa shape index (κ1) is 15.0. The second-order valence-corrected chi connectivity index (χ2v) is 5.63. The standard InChI is InChI=1S/C15H32N2/c1-4-6-7-8-9-14(3)16-15-10-12-17(5-2)13-11-15/h14-16H,4-13H2,1-3H3. The van der Waals surface area contributed by atoms with Crippen molar-refractivity contribution < 1.29 is 0 Å². The highest BCUT2D eigenvalue weighted by Gasteiger charge is 2.18. The van der Waals surface area contributed by atoms with Crippen LogP contribution in [0.25, 0.3) is 0 Å². The van der Waals surface area contributed by atoms with Crippen LogP contribution in [0.2, 0.25) is 0 Å². The molecule has 1 atom stereocenters. The van der Waals surface area contributed by atoms with Crippen molar-refractivity contribution in [1.29, 1.82) is 0 Å². The molecular formula is C15H32N2. The third kappa shape index (κ3) is 6.42. The Kier molecular flexibility index (Phi) is 7.87. The van der Waals surface area contributed by atoms with Gasteiger partial charge >= 0.3 is 0 Å². The molecule has 0 aromatic rings. The molecule has 1 N–H and O–H groups in total. The van der Waals surface area contributed by atoms with Crippen molar-refractivity contribution in [2.45, 2.75) is 77.8 Å². The van der Waals surface area contributed by atoms with E-state index < -0.39 is 0 Å². The zero-order valence-corrected chi connectivity index (χ0v) is 12.2. The Balaban J connectivity index is 2.04. The van der Waals surface area contributed by atoms with Crippen LogP contribution in [-0.4, -0.2) is 36.6 Å². The first-order chi connectivity index (χ1) is 8.26. The van der Waals surface area contributed by atoms with Crippen LogP contribution in [0.3, 0.4) is 0 Å². The number of piperidine rings is 1. The van der Waals surface area contributed by atoms with Crippen LogP contribution in [0.15, 0.2) is 0 Å². The predicted octanol–water partition coefficient (Wildman–Crippen LogP) is 3.42. The number of rotatable bonds is 8. The second-order valence-electron chi connectivity index (χ2n) is 5.63. The van der Waals surface area contributed by atoms with E-state index in [9.17, 15) is 0 Å². The molecule has 0 saturated carbocycles. The van der Waals surface area contributed by atoms with Gasteiger partial charge in [-0.1, -0.05) is 39.5 Å². The summed E-state index contributed by atoms with van der Waals surface area (Å²) in [7, 11) is 0. The third-order valence-corrected chi connectivity index (χ3v) is 4.05. The average Bonchev–Trinajstić information content (AvgIpc) is 2.36. The Morgan fingerprint density at radius 3 is 2.41 bits per heavy atom. The summed E-state index contributed by atoms with van der Waals surface area (Å²) in [5, 5.41) is 3.81. The maximum atomic E-state index is 3.81. The van der Waals surface area contributed by atoms with Gasteiger partial charge in [-0.25, -0.2) is 0 Å². The van der Waals surface area contributed by atoms with Crippen molar-refractivity contribution in [1.82, 2.24) is 10.2 Å². The summed E-state index contributed by atoms with van der Waals surface area (Å²) >= 11 is 0. The molecule has 0 aromatic carbocycles. The number of unbranched alkanes of at least 4 members (excludes halogenated alkanes) is 3. The highest BCUT2D eigenvalue weighted by atomic mass is 15.1. The van der Waals surface area contributed by atoms with Gasteiger partial charge < -0.3 is 10.2 Å². The first-order valence-electron chi connectivity index (χ1n) is 7.74. The van der Waals surface area contributed by atoms with E-state index in [1.807, 2.05) is 0 Å². The van der Waals surface area contributed by atoms with E-state index in [0.29, 0.717) is 6.04 Å². The molecule has 17 heavy (non-hydrogen) atoms. The molecule has 1 saturated heterocycles. The number of hydrogen-bond acceptors (Lipinski definition) is 2. The lowest BCUT2D eigenvalue weighted by atomic mass is 10.0. The number of nitrogens with one attached hydrogen (secondary N) is 1. The van der Waals surface area contributed by atoms with E-state index in [4.69, 9.17) is 0 Å². The molecule has 2 heteroatoms. The van der Waals surface area contributed by atoms with E-state index in [1.165, 1.54) is 64.6 Å². The van der Waals surface area contributed by atoms with Gasteiger partial charge in [0, 0.05) is 12.1 Å². The lowest BCUT2D eigenvalue weighted by Gasteiger charge is -2.33. The van der Waals surface area contributed by atoms with Crippen molar-refractivity contribution in [2.24, 2.45) is 0 Å². The quantitative estimate of drug-likeness (QED) is 0.654. The van der Waals surface area contributed by atoms with Gasteiger partial charge in [-0.05, 0) is 45.8 Å². The molecule has 0 aliphatic carbocycles. The minimum atomic E-state index is 0.713. The molecule has 1 rings (SSSR count). The minimum absolute atomic E-state index is 0.713. The first-order valence-corrected chi connectivity index (χ1v) is 7.74. The van der Waals surface area contributed by atoms with Crippen LogP contribution in [0.1, 0.15) is 65.7 Å². The fourth-order valence-corrected chi connectivity index (χ4v) is 2.78. The van der Waals surface area contributed by atoms with Crippen molar-refractivity contribution in [3.63, 3.8) is 0 Å². The van der Waals surface area contributed by atoms with Crippen LogP contribution >= 0.6 is 0 Å². The normalized spacial score (nSPS) is 20.6. The molecule has 102 valence electrons. The molecule has 0 amide bonds. The van der Waals surface area contributed by atoms with Gasteiger partial charge in [-0.3, -0.25) is 0 Å². The molecule has 1 fully saturated rings. The molecule has 0 aromatic heterocycles. The highest BCUT2D eigenvalue weighted by Crippen LogP contribution is 2.12. The fraction of sp³-hybridized carbons (Fsp3) is 1.00. The van der Waals surface area contributed by atoms with E-state index >= 15 is 0 Å². The summed E-state index contributed by atoms with van der Waals surface area (Å²) in [6, 6.07) is 1.49. The largest absolute Gasteiger partial charge is 0.311 e. The van der Waals surface area contributed by atoms with Gasteiger partial charge in [0.25, 0.3) is 0 Å². The number of nitrogens with zero attached hydrogens (tertiary/aromatic N) is 1. The van der Waals surface area contributed by atoms with Crippen molar-refractivity contribution in [3.05, 3.63) is 0 Å². The average molecular weight is 240 g/mol. The Bertz CT molecular complexity index is 174. The van der Waals surface area contributed by atoms with E-state index in [1.54, 1.807) is 0 Å². The fourth-order valence-electron chi connectivity index (χ4n) is 2.78. The van der Waals surface area contributed by atoms with Crippen molar-refractivity contribution in [2.75, 3.05) is 19.6 Å². The lowest BCUT2D eigenvalue weighted by molar-refractivity contribution is 0.198. The van der Waals surface area contributed by atoms with Gasteiger partial charge in [0.1, 0.15) is 0 Å².